The first kappa shape index (κ1) is 13.7. The minimum absolute atomic E-state index is 0.0951. The second-order valence-corrected chi connectivity index (χ2v) is 6.88. The van der Waals surface area contributed by atoms with Crippen LogP contribution in [0, 0.1) is 29.1 Å². The molecule has 2 bridgehead atoms. The number of esters is 1. The van der Waals surface area contributed by atoms with E-state index in [2.05, 4.69) is 12.2 Å². The normalized spacial score (nSPS) is 33.1. The number of benzene rings is 1. The summed E-state index contributed by atoms with van der Waals surface area (Å²) in [6, 6.07) is 9.38. The fourth-order valence-electron chi connectivity index (χ4n) is 4.86. The number of allylic oxidation sites excluding steroid dienone is 2. The lowest BCUT2D eigenvalue weighted by atomic mass is 9.79. The van der Waals surface area contributed by atoms with Gasteiger partial charge in [0.15, 0.2) is 5.78 Å². The van der Waals surface area contributed by atoms with E-state index in [1.807, 2.05) is 30.3 Å². The van der Waals surface area contributed by atoms with E-state index in [-0.39, 0.29) is 34.9 Å². The average molecular weight is 296 g/mol. The van der Waals surface area contributed by atoms with E-state index in [1.54, 1.807) is 0 Å². The summed E-state index contributed by atoms with van der Waals surface area (Å²) in [5, 5.41) is 0. The fourth-order valence-corrected chi connectivity index (χ4v) is 4.86. The molecule has 22 heavy (non-hydrogen) atoms. The summed E-state index contributed by atoms with van der Waals surface area (Å²) in [7, 11) is 1.45. The van der Waals surface area contributed by atoms with Crippen molar-refractivity contribution in [2.75, 3.05) is 7.11 Å². The van der Waals surface area contributed by atoms with Gasteiger partial charge in [0.2, 0.25) is 0 Å². The van der Waals surface area contributed by atoms with Gasteiger partial charge in [0.25, 0.3) is 0 Å². The van der Waals surface area contributed by atoms with Gasteiger partial charge < -0.3 is 4.74 Å². The highest BCUT2D eigenvalue weighted by Crippen LogP contribution is 2.72. The van der Waals surface area contributed by atoms with Gasteiger partial charge in [-0.25, -0.2) is 0 Å². The summed E-state index contributed by atoms with van der Waals surface area (Å²) in [5.41, 5.74) is 1.00. The number of hydrogen-bond acceptors (Lipinski definition) is 3. The van der Waals surface area contributed by atoms with Crippen LogP contribution in [-0.4, -0.2) is 18.9 Å². The van der Waals surface area contributed by atoms with Gasteiger partial charge in [-0.3, -0.25) is 9.59 Å². The highest BCUT2D eigenvalue weighted by molar-refractivity contribution is 5.96. The van der Waals surface area contributed by atoms with Crippen LogP contribution in [0.15, 0.2) is 42.5 Å². The van der Waals surface area contributed by atoms with E-state index in [0.717, 1.165) is 5.56 Å². The Bertz CT molecular complexity index is 642. The van der Waals surface area contributed by atoms with Crippen molar-refractivity contribution in [1.29, 1.82) is 0 Å². The van der Waals surface area contributed by atoms with Crippen LogP contribution in [0.2, 0.25) is 0 Å². The Kier molecular flexibility index (Phi) is 3.00. The van der Waals surface area contributed by atoms with E-state index in [9.17, 15) is 9.59 Å². The van der Waals surface area contributed by atoms with Crippen LogP contribution in [0.4, 0.5) is 0 Å². The van der Waals surface area contributed by atoms with E-state index >= 15 is 0 Å². The molecule has 114 valence electrons. The summed E-state index contributed by atoms with van der Waals surface area (Å²) < 4.78 is 5.04. The van der Waals surface area contributed by atoms with Crippen molar-refractivity contribution in [2.45, 2.75) is 19.3 Å². The second-order valence-electron chi connectivity index (χ2n) is 6.88. The molecule has 0 saturated heterocycles. The molecule has 4 atom stereocenters. The molecule has 1 spiro atoms. The SMILES string of the molecule is COC(=O)[C@@H]1[C@@H](CC(=O)c2ccccc2)[C@@H]2C=C[C@H]1C21CC1. The second kappa shape index (κ2) is 4.80. The predicted molar refractivity (Wildman–Crippen MR) is 82.2 cm³/mol. The molecule has 2 fully saturated rings. The zero-order chi connectivity index (χ0) is 15.3. The molecule has 3 aliphatic rings. The average Bonchev–Trinajstić information content (AvgIpc) is 3.22. The minimum Gasteiger partial charge on any atom is -0.469 e. The van der Waals surface area contributed by atoms with Crippen molar-refractivity contribution in [2.24, 2.45) is 29.1 Å². The first-order chi connectivity index (χ1) is 10.7. The van der Waals surface area contributed by atoms with Crippen LogP contribution in [0.1, 0.15) is 29.6 Å². The van der Waals surface area contributed by atoms with Crippen molar-refractivity contribution in [3.63, 3.8) is 0 Å². The molecule has 0 amide bonds. The molecule has 1 aromatic rings. The van der Waals surface area contributed by atoms with Gasteiger partial charge in [-0.1, -0.05) is 42.5 Å². The topological polar surface area (TPSA) is 43.4 Å². The Morgan fingerprint density at radius 3 is 2.45 bits per heavy atom. The Balaban J connectivity index is 1.61. The van der Waals surface area contributed by atoms with Gasteiger partial charge in [0, 0.05) is 12.0 Å². The molecular formula is C19H20O3. The predicted octanol–water partition coefficient (Wildman–Crippen LogP) is 3.26. The Morgan fingerprint density at radius 2 is 1.82 bits per heavy atom. The Morgan fingerprint density at radius 1 is 1.14 bits per heavy atom. The lowest BCUT2D eigenvalue weighted by Gasteiger charge is -2.25. The van der Waals surface area contributed by atoms with E-state index in [0.29, 0.717) is 12.3 Å². The molecule has 2 saturated carbocycles. The smallest absolute Gasteiger partial charge is 0.309 e. The van der Waals surface area contributed by atoms with E-state index in [1.165, 1.54) is 20.0 Å². The monoisotopic (exact) mass is 296 g/mol. The van der Waals surface area contributed by atoms with Crippen LogP contribution in [0.5, 0.6) is 0 Å². The van der Waals surface area contributed by atoms with Crippen LogP contribution >= 0.6 is 0 Å². The van der Waals surface area contributed by atoms with E-state index in [4.69, 9.17) is 4.74 Å². The number of ketones is 1. The highest BCUT2D eigenvalue weighted by Gasteiger charge is 2.68. The van der Waals surface area contributed by atoms with Crippen molar-refractivity contribution in [3.05, 3.63) is 48.0 Å². The lowest BCUT2D eigenvalue weighted by molar-refractivity contribution is -0.148. The van der Waals surface area contributed by atoms with Gasteiger partial charge >= 0.3 is 5.97 Å². The highest BCUT2D eigenvalue weighted by atomic mass is 16.5. The zero-order valence-corrected chi connectivity index (χ0v) is 12.7. The molecule has 3 nitrogen and oxygen atoms in total. The summed E-state index contributed by atoms with van der Waals surface area (Å²) in [4.78, 5) is 24.9. The maximum Gasteiger partial charge on any atom is 0.309 e. The third-order valence-corrected chi connectivity index (χ3v) is 5.98. The van der Waals surface area contributed by atoms with Crippen LogP contribution in [0.25, 0.3) is 0 Å². The van der Waals surface area contributed by atoms with Crippen LogP contribution in [0.3, 0.4) is 0 Å². The zero-order valence-electron chi connectivity index (χ0n) is 12.7. The van der Waals surface area contributed by atoms with Gasteiger partial charge in [-0.05, 0) is 36.0 Å². The number of carbonyl (C=O) groups excluding carboxylic acids is 2. The number of ether oxygens (including phenoxy) is 1. The minimum atomic E-state index is -0.144. The summed E-state index contributed by atoms with van der Waals surface area (Å²) in [6.07, 6.45) is 7.25. The first-order valence-corrected chi connectivity index (χ1v) is 8.02. The molecule has 0 heterocycles. The lowest BCUT2D eigenvalue weighted by Crippen LogP contribution is -2.30. The standard InChI is InChI=1S/C19H20O3/c1-22-18(21)17-13(11-16(20)12-5-3-2-4-6-12)14-7-8-15(17)19(14)9-10-19/h2-8,13-15,17H,9-11H2,1H3/t13-,14-,15+,17+/m0/s1. The number of methoxy groups -OCH3 is 1. The van der Waals surface area contributed by atoms with Gasteiger partial charge in [0.05, 0.1) is 13.0 Å². The molecule has 3 heteroatoms. The van der Waals surface area contributed by atoms with Crippen molar-refractivity contribution in [3.8, 4) is 0 Å². The number of carbonyl (C=O) groups is 2. The molecule has 3 aliphatic carbocycles. The molecule has 4 rings (SSSR count). The van der Waals surface area contributed by atoms with Gasteiger partial charge in [0.1, 0.15) is 0 Å². The third-order valence-electron chi connectivity index (χ3n) is 5.98. The molecular weight excluding hydrogens is 276 g/mol. The molecule has 0 N–H and O–H groups in total. The third kappa shape index (κ3) is 1.81. The van der Waals surface area contributed by atoms with Crippen LogP contribution < -0.4 is 0 Å². The van der Waals surface area contributed by atoms with Crippen LogP contribution in [-0.2, 0) is 9.53 Å². The van der Waals surface area contributed by atoms with Gasteiger partial charge in [-0.2, -0.15) is 0 Å². The number of Topliss-reactive ketones (excluding diaryl/α,β-unsaturated/α-hetero) is 1. The molecule has 1 aromatic carbocycles. The molecule has 0 radical (unpaired) electrons. The maximum absolute atomic E-state index is 12.6. The number of hydrogen-bond donors (Lipinski definition) is 0. The Hall–Kier alpha value is -1.90. The molecule has 0 aromatic heterocycles. The molecule has 0 aliphatic heterocycles. The maximum atomic E-state index is 12.6. The Labute approximate surface area is 130 Å². The fraction of sp³-hybridized carbons (Fsp3) is 0.474. The van der Waals surface area contributed by atoms with Crippen molar-refractivity contribution < 1.29 is 14.3 Å². The van der Waals surface area contributed by atoms with Gasteiger partial charge in [-0.15, -0.1) is 0 Å². The summed E-state index contributed by atoms with van der Waals surface area (Å²) in [5.74, 6) is 0.589. The van der Waals surface area contributed by atoms with Crippen molar-refractivity contribution in [1.82, 2.24) is 0 Å². The summed E-state index contributed by atoms with van der Waals surface area (Å²) in [6.45, 7) is 0. The largest absolute Gasteiger partial charge is 0.469 e. The first-order valence-electron chi connectivity index (χ1n) is 8.02. The quantitative estimate of drug-likeness (QED) is 0.486. The van der Waals surface area contributed by atoms with Crippen molar-refractivity contribution >= 4 is 11.8 Å². The number of rotatable bonds is 4. The summed E-state index contributed by atoms with van der Waals surface area (Å²) >= 11 is 0. The molecule has 0 unspecified atom stereocenters. The van der Waals surface area contributed by atoms with E-state index < -0.39 is 0 Å².